The highest BCUT2D eigenvalue weighted by atomic mass is 32.2. The minimum Gasteiger partial charge on any atom is -0.545 e. The van der Waals surface area contributed by atoms with Crippen LogP contribution in [0.25, 0.3) is 0 Å². The third-order valence-electron chi connectivity index (χ3n) is 3.81. The van der Waals surface area contributed by atoms with E-state index in [9.17, 15) is 18.3 Å². The van der Waals surface area contributed by atoms with Crippen LogP contribution in [0.4, 0.5) is 5.69 Å². The van der Waals surface area contributed by atoms with Crippen molar-refractivity contribution >= 4 is 21.7 Å². The summed E-state index contributed by atoms with van der Waals surface area (Å²) in [6, 6.07) is 10.9. The number of hydrogen-bond acceptors (Lipinski definition) is 5. The van der Waals surface area contributed by atoms with Gasteiger partial charge in [0, 0.05) is 6.54 Å². The van der Waals surface area contributed by atoms with Crippen LogP contribution in [0.1, 0.15) is 15.9 Å². The SMILES string of the molecule is COc1ccc(C(=O)[O-])cc1S(=O)(=O)N1CCc2ccccc21. The van der Waals surface area contributed by atoms with Crippen LogP contribution in [0, 0.1) is 0 Å². The molecule has 120 valence electrons. The second kappa shape index (κ2) is 5.58. The number of hydrogen-bond donors (Lipinski definition) is 0. The third-order valence-corrected chi connectivity index (χ3v) is 5.65. The Labute approximate surface area is 134 Å². The molecule has 0 atom stereocenters. The molecule has 23 heavy (non-hydrogen) atoms. The van der Waals surface area contributed by atoms with Crippen molar-refractivity contribution in [2.24, 2.45) is 0 Å². The largest absolute Gasteiger partial charge is 0.545 e. The van der Waals surface area contributed by atoms with Crippen molar-refractivity contribution in [2.45, 2.75) is 11.3 Å². The second-order valence-corrected chi connectivity index (χ2v) is 6.94. The van der Waals surface area contributed by atoms with Gasteiger partial charge in [0.05, 0.1) is 18.8 Å². The van der Waals surface area contributed by atoms with E-state index in [0.717, 1.165) is 11.6 Å². The molecule has 0 aromatic heterocycles. The fourth-order valence-electron chi connectivity index (χ4n) is 2.68. The molecule has 0 saturated heterocycles. The lowest BCUT2D eigenvalue weighted by Crippen LogP contribution is -2.30. The number of nitrogens with zero attached hydrogens (tertiary/aromatic N) is 1. The number of carbonyl (C=O) groups excluding carboxylic acids is 1. The summed E-state index contributed by atoms with van der Waals surface area (Å²) in [5.41, 5.74) is 1.33. The molecule has 0 aliphatic carbocycles. The van der Waals surface area contributed by atoms with E-state index < -0.39 is 16.0 Å². The zero-order chi connectivity index (χ0) is 16.6. The summed E-state index contributed by atoms with van der Waals surface area (Å²) in [5, 5.41) is 11.0. The molecule has 1 aliphatic rings. The Kier molecular flexibility index (Phi) is 3.73. The first-order valence-corrected chi connectivity index (χ1v) is 8.39. The quantitative estimate of drug-likeness (QED) is 0.827. The van der Waals surface area contributed by atoms with E-state index in [1.165, 1.54) is 23.5 Å². The number of carboxylic acids is 1. The number of carboxylic acid groups (broad SMARTS) is 1. The van der Waals surface area contributed by atoms with Crippen molar-refractivity contribution < 1.29 is 23.1 Å². The number of fused-ring (bicyclic) bond motifs is 1. The van der Waals surface area contributed by atoms with Crippen LogP contribution in [-0.4, -0.2) is 28.0 Å². The van der Waals surface area contributed by atoms with Crippen LogP contribution in [0.15, 0.2) is 47.4 Å². The van der Waals surface area contributed by atoms with Gasteiger partial charge in [-0.25, -0.2) is 8.42 Å². The van der Waals surface area contributed by atoms with E-state index in [4.69, 9.17) is 4.74 Å². The highest BCUT2D eigenvalue weighted by Gasteiger charge is 2.32. The average Bonchev–Trinajstić information content (AvgIpc) is 2.99. The molecule has 0 N–H and O–H groups in total. The fraction of sp³-hybridized carbons (Fsp3) is 0.188. The lowest BCUT2D eigenvalue weighted by molar-refractivity contribution is -0.255. The molecular weight excluding hydrogens is 318 g/mol. The first-order valence-electron chi connectivity index (χ1n) is 6.95. The summed E-state index contributed by atoms with van der Waals surface area (Å²) in [7, 11) is -2.60. The standard InChI is InChI=1S/C16H15NO5S/c1-22-14-7-6-12(16(18)19)10-15(14)23(20,21)17-9-8-11-4-2-3-5-13(11)17/h2-7,10H,8-9H2,1H3,(H,18,19)/p-1. The van der Waals surface area contributed by atoms with Crippen LogP contribution in [0.3, 0.4) is 0 Å². The number of benzene rings is 2. The van der Waals surface area contributed by atoms with E-state index in [0.29, 0.717) is 18.7 Å². The predicted octanol–water partition coefficient (Wildman–Crippen LogP) is 0.810. The summed E-state index contributed by atoms with van der Waals surface area (Å²) < 4.78 is 32.3. The van der Waals surface area contributed by atoms with E-state index >= 15 is 0 Å². The third kappa shape index (κ3) is 2.53. The number of sulfonamides is 1. The van der Waals surface area contributed by atoms with Gasteiger partial charge in [-0.1, -0.05) is 18.2 Å². The van der Waals surface area contributed by atoms with Crippen molar-refractivity contribution in [3.05, 3.63) is 53.6 Å². The van der Waals surface area contributed by atoms with Gasteiger partial charge in [-0.2, -0.15) is 0 Å². The monoisotopic (exact) mass is 332 g/mol. The molecule has 2 aromatic carbocycles. The molecule has 1 aliphatic heterocycles. The first kappa shape index (κ1) is 15.4. The highest BCUT2D eigenvalue weighted by molar-refractivity contribution is 7.93. The van der Waals surface area contributed by atoms with Crippen LogP contribution in [0.2, 0.25) is 0 Å². The molecule has 6 nitrogen and oxygen atoms in total. The zero-order valence-corrected chi connectivity index (χ0v) is 13.2. The molecule has 0 unspecified atom stereocenters. The van der Waals surface area contributed by atoms with Gasteiger partial charge in [0.2, 0.25) is 0 Å². The topological polar surface area (TPSA) is 86.7 Å². The molecule has 0 radical (unpaired) electrons. The normalized spacial score (nSPS) is 13.7. The maximum atomic E-state index is 13.0. The minimum atomic E-state index is -3.93. The Bertz CT molecular complexity index is 876. The van der Waals surface area contributed by atoms with Gasteiger partial charge in [-0.05, 0) is 41.8 Å². The lowest BCUT2D eigenvalue weighted by atomic mass is 10.2. The number of carbonyl (C=O) groups is 1. The lowest BCUT2D eigenvalue weighted by Gasteiger charge is -2.21. The number of methoxy groups -OCH3 is 1. The van der Waals surface area contributed by atoms with Crippen molar-refractivity contribution in [3.8, 4) is 5.75 Å². The Morgan fingerprint density at radius 1 is 1.22 bits per heavy atom. The first-order chi connectivity index (χ1) is 10.9. The van der Waals surface area contributed by atoms with Gasteiger partial charge in [-0.3, -0.25) is 4.31 Å². The maximum Gasteiger partial charge on any atom is 0.268 e. The van der Waals surface area contributed by atoms with Gasteiger partial charge in [0.1, 0.15) is 10.6 Å². The number of ether oxygens (including phenoxy) is 1. The van der Waals surface area contributed by atoms with Gasteiger partial charge in [-0.15, -0.1) is 0 Å². The van der Waals surface area contributed by atoms with Gasteiger partial charge in [0.15, 0.2) is 0 Å². The molecule has 7 heteroatoms. The molecule has 0 fully saturated rings. The van der Waals surface area contributed by atoms with Crippen molar-refractivity contribution in [2.75, 3.05) is 18.0 Å². The Balaban J connectivity index is 2.14. The van der Waals surface area contributed by atoms with Crippen LogP contribution in [-0.2, 0) is 16.4 Å². The maximum absolute atomic E-state index is 13.0. The summed E-state index contributed by atoms with van der Waals surface area (Å²) >= 11 is 0. The molecule has 3 rings (SSSR count). The van der Waals surface area contributed by atoms with E-state index in [-0.39, 0.29) is 16.2 Å². The average molecular weight is 332 g/mol. The molecule has 2 aromatic rings. The van der Waals surface area contributed by atoms with E-state index in [2.05, 4.69) is 0 Å². The molecular formula is C16H14NO5S-. The molecule has 0 spiro atoms. The smallest absolute Gasteiger partial charge is 0.268 e. The van der Waals surface area contributed by atoms with Crippen molar-refractivity contribution in [1.29, 1.82) is 0 Å². The number of para-hydroxylation sites is 1. The summed E-state index contributed by atoms with van der Waals surface area (Å²) in [6.07, 6.45) is 0.609. The second-order valence-electron chi connectivity index (χ2n) is 5.11. The summed E-state index contributed by atoms with van der Waals surface area (Å²) in [5.74, 6) is -1.34. The summed E-state index contributed by atoms with van der Waals surface area (Å²) in [6.45, 7) is 0.306. The molecule has 0 bridgehead atoms. The van der Waals surface area contributed by atoms with E-state index in [1.807, 2.05) is 12.1 Å². The fourth-order valence-corrected chi connectivity index (χ4v) is 4.37. The Morgan fingerprint density at radius 3 is 2.65 bits per heavy atom. The van der Waals surface area contributed by atoms with Crippen LogP contribution >= 0.6 is 0 Å². The zero-order valence-electron chi connectivity index (χ0n) is 12.4. The molecule has 0 saturated carbocycles. The van der Waals surface area contributed by atoms with Gasteiger partial charge in [0.25, 0.3) is 10.0 Å². The Hall–Kier alpha value is -2.54. The van der Waals surface area contributed by atoms with Crippen molar-refractivity contribution in [3.63, 3.8) is 0 Å². The van der Waals surface area contributed by atoms with E-state index in [1.54, 1.807) is 12.1 Å². The summed E-state index contributed by atoms with van der Waals surface area (Å²) in [4.78, 5) is 10.9. The van der Waals surface area contributed by atoms with Crippen LogP contribution in [0.5, 0.6) is 5.75 Å². The minimum absolute atomic E-state index is 0.0966. The number of anilines is 1. The van der Waals surface area contributed by atoms with Crippen molar-refractivity contribution in [1.82, 2.24) is 0 Å². The molecule has 1 heterocycles. The van der Waals surface area contributed by atoms with Gasteiger partial charge >= 0.3 is 0 Å². The number of rotatable bonds is 4. The number of aromatic carboxylic acids is 1. The van der Waals surface area contributed by atoms with Crippen LogP contribution < -0.4 is 14.1 Å². The predicted molar refractivity (Wildman–Crippen MR) is 82.0 cm³/mol. The Morgan fingerprint density at radius 2 is 1.96 bits per heavy atom. The highest BCUT2D eigenvalue weighted by Crippen LogP contribution is 2.35. The van der Waals surface area contributed by atoms with Gasteiger partial charge < -0.3 is 14.6 Å². The molecule has 0 amide bonds.